The van der Waals surface area contributed by atoms with Crippen molar-refractivity contribution >= 4 is 69.3 Å². The number of aliphatic carboxylic acids is 2. The number of rotatable bonds is 16. The van der Waals surface area contributed by atoms with Gasteiger partial charge in [0.05, 0.1) is 0 Å². The van der Waals surface area contributed by atoms with Crippen LogP contribution in [0.4, 0.5) is 11.4 Å². The predicted octanol–water partition coefficient (Wildman–Crippen LogP) is 11.8. The van der Waals surface area contributed by atoms with Gasteiger partial charge in [0.1, 0.15) is 23.3 Å². The summed E-state index contributed by atoms with van der Waals surface area (Å²) in [6, 6.07) is 45.3. The second-order valence-corrected chi connectivity index (χ2v) is 15.9. The molecule has 0 amide bonds. The Bertz CT molecular complexity index is 2460. The van der Waals surface area contributed by atoms with E-state index in [0.29, 0.717) is 9.75 Å². The van der Waals surface area contributed by atoms with Crippen LogP contribution in [0.3, 0.4) is 0 Å². The van der Waals surface area contributed by atoms with Crippen LogP contribution in [-0.2, 0) is 9.59 Å². The van der Waals surface area contributed by atoms with Crippen LogP contribution < -0.4 is 9.80 Å². The minimum Gasteiger partial charge on any atom is -0.477 e. The maximum Gasteiger partial charge on any atom is 0.346 e. The van der Waals surface area contributed by atoms with Gasteiger partial charge in [-0.15, -0.1) is 22.7 Å². The van der Waals surface area contributed by atoms with Crippen molar-refractivity contribution in [2.24, 2.45) is 0 Å². The van der Waals surface area contributed by atoms with Gasteiger partial charge in [-0.3, -0.25) is 0 Å². The Balaban J connectivity index is 1.53. The number of thiophene rings is 2. The zero-order valence-electron chi connectivity index (χ0n) is 33.8. The largest absolute Gasteiger partial charge is 0.477 e. The molecule has 2 N–H and O–H groups in total. The number of benzene rings is 4. The molecule has 0 aliphatic heterocycles. The normalized spacial score (nSPS) is 11.4. The molecule has 0 saturated carbocycles. The number of anilines is 2. The van der Waals surface area contributed by atoms with Crippen molar-refractivity contribution in [3.05, 3.63) is 164 Å². The number of carboxylic acid groups (broad SMARTS) is 2. The Kier molecular flexibility index (Phi) is 14.0. The Morgan fingerprint density at radius 2 is 0.800 bits per heavy atom. The van der Waals surface area contributed by atoms with Gasteiger partial charge in [-0.05, 0) is 133 Å². The average molecular weight is 829 g/mol. The number of hydrogen-bond donors (Lipinski definition) is 2. The van der Waals surface area contributed by atoms with Crippen LogP contribution in [0.1, 0.15) is 59.7 Å². The van der Waals surface area contributed by atoms with Gasteiger partial charge >= 0.3 is 11.9 Å². The van der Waals surface area contributed by atoms with Crippen molar-refractivity contribution in [2.75, 3.05) is 36.0 Å². The molecule has 0 fully saturated rings. The third-order valence-corrected chi connectivity index (χ3v) is 12.4. The van der Waals surface area contributed by atoms with E-state index >= 15 is 0 Å². The molecule has 300 valence electrons. The quantitative estimate of drug-likeness (QED) is 0.0560. The van der Waals surface area contributed by atoms with Crippen molar-refractivity contribution in [3.8, 4) is 33.0 Å². The molecule has 2 aromatic heterocycles. The molecule has 8 nitrogen and oxygen atoms in total. The first-order valence-electron chi connectivity index (χ1n) is 19.7. The molecule has 0 aliphatic carbocycles. The number of carbonyl (C=O) groups is 2. The maximum atomic E-state index is 11.5. The number of carboxylic acids is 2. The summed E-state index contributed by atoms with van der Waals surface area (Å²) in [5.41, 5.74) is 9.82. The van der Waals surface area contributed by atoms with E-state index in [9.17, 15) is 30.3 Å². The van der Waals surface area contributed by atoms with E-state index in [0.717, 1.165) is 91.8 Å². The highest BCUT2D eigenvalue weighted by molar-refractivity contribution is 7.16. The van der Waals surface area contributed by atoms with E-state index in [1.54, 1.807) is 12.1 Å². The lowest BCUT2D eigenvalue weighted by Crippen LogP contribution is -2.21. The second-order valence-electron chi connectivity index (χ2n) is 13.7. The van der Waals surface area contributed by atoms with Crippen LogP contribution >= 0.6 is 22.7 Å². The topological polar surface area (TPSA) is 129 Å². The molecule has 0 bridgehead atoms. The lowest BCUT2D eigenvalue weighted by molar-refractivity contribution is -0.133. The molecule has 0 spiro atoms. The van der Waals surface area contributed by atoms with Crippen LogP contribution in [0.15, 0.2) is 132 Å². The van der Waals surface area contributed by atoms with Crippen LogP contribution in [0.25, 0.3) is 44.2 Å². The van der Waals surface area contributed by atoms with Crippen LogP contribution in [0, 0.1) is 22.7 Å². The van der Waals surface area contributed by atoms with E-state index in [4.69, 9.17) is 0 Å². The summed E-state index contributed by atoms with van der Waals surface area (Å²) in [6.45, 7) is 12.2. The maximum absolute atomic E-state index is 11.5. The fraction of sp³-hybridized carbons (Fsp3) is 0.160. The van der Waals surface area contributed by atoms with E-state index in [-0.39, 0.29) is 11.1 Å². The molecule has 0 radical (unpaired) electrons. The Labute approximate surface area is 359 Å². The SMILES string of the molecule is CCN(CC)c1ccc(C(=C(c2ccc(-c3ccc(/C=C(/C#N)C(=O)O)s3)cc2)c2ccc(-c3ccc(/C=C(/C#N)C(=O)O)s3)cc2)c2ccc(N(CC)CC)cc2)cc1. The molecule has 60 heavy (non-hydrogen) atoms. The minimum absolute atomic E-state index is 0.315. The Morgan fingerprint density at radius 3 is 1.07 bits per heavy atom. The van der Waals surface area contributed by atoms with Gasteiger partial charge in [0.15, 0.2) is 0 Å². The van der Waals surface area contributed by atoms with Gasteiger partial charge in [0, 0.05) is 57.1 Å². The summed E-state index contributed by atoms with van der Waals surface area (Å²) in [7, 11) is 0. The first kappa shape index (κ1) is 42.6. The second kappa shape index (κ2) is 19.6. The molecule has 0 aliphatic rings. The molecule has 2 heterocycles. The zero-order valence-corrected chi connectivity index (χ0v) is 35.5. The van der Waals surface area contributed by atoms with Gasteiger partial charge in [-0.1, -0.05) is 72.8 Å². The summed E-state index contributed by atoms with van der Waals surface area (Å²) < 4.78 is 0. The first-order chi connectivity index (χ1) is 29.1. The Morgan fingerprint density at radius 1 is 0.500 bits per heavy atom. The van der Waals surface area contributed by atoms with E-state index < -0.39 is 11.9 Å². The number of hydrogen-bond acceptors (Lipinski definition) is 8. The lowest BCUT2D eigenvalue weighted by atomic mass is 9.85. The molecule has 0 atom stereocenters. The molecule has 0 saturated heterocycles. The van der Waals surface area contributed by atoms with Crippen LogP contribution in [0.5, 0.6) is 0 Å². The van der Waals surface area contributed by atoms with E-state index in [2.05, 4.69) is 135 Å². The van der Waals surface area contributed by atoms with Crippen molar-refractivity contribution in [1.29, 1.82) is 10.5 Å². The number of nitriles is 2. The van der Waals surface area contributed by atoms with Gasteiger partial charge in [-0.25, -0.2) is 9.59 Å². The van der Waals surface area contributed by atoms with Gasteiger partial charge < -0.3 is 20.0 Å². The lowest BCUT2D eigenvalue weighted by Gasteiger charge is -2.24. The zero-order chi connectivity index (χ0) is 42.8. The third-order valence-electron chi connectivity index (χ3n) is 10.3. The van der Waals surface area contributed by atoms with E-state index in [1.165, 1.54) is 34.8 Å². The molecular weight excluding hydrogens is 785 g/mol. The highest BCUT2D eigenvalue weighted by Gasteiger charge is 2.19. The van der Waals surface area contributed by atoms with Gasteiger partial charge in [0.2, 0.25) is 0 Å². The van der Waals surface area contributed by atoms with Gasteiger partial charge in [0.25, 0.3) is 0 Å². The smallest absolute Gasteiger partial charge is 0.346 e. The molecule has 0 unspecified atom stereocenters. The highest BCUT2D eigenvalue weighted by Crippen LogP contribution is 2.40. The summed E-state index contributed by atoms with van der Waals surface area (Å²) in [4.78, 5) is 30.8. The summed E-state index contributed by atoms with van der Waals surface area (Å²) in [6.07, 6.45) is 2.79. The molecule has 10 heteroatoms. The average Bonchev–Trinajstić information content (AvgIpc) is 3.96. The summed E-state index contributed by atoms with van der Waals surface area (Å²) in [5.74, 6) is -2.51. The fourth-order valence-corrected chi connectivity index (χ4v) is 9.02. The van der Waals surface area contributed by atoms with Crippen LogP contribution in [0.2, 0.25) is 0 Å². The minimum atomic E-state index is -1.26. The Hall–Kier alpha value is -6.98. The monoisotopic (exact) mass is 828 g/mol. The predicted molar refractivity (Wildman–Crippen MR) is 247 cm³/mol. The number of nitrogens with zero attached hydrogens (tertiary/aromatic N) is 4. The first-order valence-corrected chi connectivity index (χ1v) is 21.3. The third kappa shape index (κ3) is 9.65. The molecule has 6 aromatic rings. The standard InChI is InChI=1S/C50H44N4O4S2/c1-5-53(6-2)41-21-17-37(18-22-41)48(38-19-23-42(24-20-38)54(7-3)8-4)47(35-13-9-33(10-14-35)45-27-25-43(59-45)29-39(31-51)49(55)56)36-15-11-34(12-16-36)46-28-26-44(60-46)30-40(32-52)50(57)58/h9-30H,5-8H2,1-4H3,(H,55,56)(H,57,58)/b39-29-,40-30-. The summed E-state index contributed by atoms with van der Waals surface area (Å²) in [5, 5.41) is 37.3. The fourth-order valence-electron chi connectivity index (χ4n) is 7.11. The van der Waals surface area contributed by atoms with Crippen molar-refractivity contribution in [2.45, 2.75) is 27.7 Å². The van der Waals surface area contributed by atoms with Crippen LogP contribution in [-0.4, -0.2) is 48.3 Å². The van der Waals surface area contributed by atoms with Gasteiger partial charge in [-0.2, -0.15) is 10.5 Å². The van der Waals surface area contributed by atoms with Crippen molar-refractivity contribution in [3.63, 3.8) is 0 Å². The van der Waals surface area contributed by atoms with E-state index in [1.807, 2.05) is 24.3 Å². The molecule has 4 aromatic carbocycles. The highest BCUT2D eigenvalue weighted by atomic mass is 32.1. The van der Waals surface area contributed by atoms with Crippen molar-refractivity contribution in [1.82, 2.24) is 0 Å². The molecule has 6 rings (SSSR count). The summed E-state index contributed by atoms with van der Waals surface area (Å²) >= 11 is 2.84. The van der Waals surface area contributed by atoms with Crippen molar-refractivity contribution < 1.29 is 19.8 Å². The molecular formula is C50H44N4O4S2.